The van der Waals surface area contributed by atoms with Crippen LogP contribution < -0.4 is 10.2 Å². The van der Waals surface area contributed by atoms with Gasteiger partial charge in [-0.25, -0.2) is 0 Å². The van der Waals surface area contributed by atoms with Gasteiger partial charge in [0, 0.05) is 10.2 Å². The summed E-state index contributed by atoms with van der Waals surface area (Å²) in [6.07, 6.45) is 0. The highest BCUT2D eigenvalue weighted by Gasteiger charge is 2.39. The Morgan fingerprint density at radius 1 is 1.21 bits per heavy atom. The zero-order valence-corrected chi connectivity index (χ0v) is 13.1. The maximum Gasteiger partial charge on any atom is 0.252 e. The fourth-order valence-corrected chi connectivity index (χ4v) is 2.51. The van der Waals surface area contributed by atoms with Crippen LogP contribution in [0.25, 0.3) is 0 Å². The van der Waals surface area contributed by atoms with E-state index >= 15 is 0 Å². The SMILES string of the molecule is Cc1cc(N2CC(=O)NC(C)(C)C2=O)cc(C)c1Br. The quantitative estimate of drug-likeness (QED) is 0.861. The molecule has 0 aliphatic carbocycles. The number of anilines is 1. The van der Waals surface area contributed by atoms with Crippen LogP contribution in [0.4, 0.5) is 5.69 Å². The van der Waals surface area contributed by atoms with Crippen LogP contribution >= 0.6 is 15.9 Å². The first-order chi connectivity index (χ1) is 8.72. The van der Waals surface area contributed by atoms with Gasteiger partial charge in [0.1, 0.15) is 12.1 Å². The molecule has 0 radical (unpaired) electrons. The molecule has 0 bridgehead atoms. The van der Waals surface area contributed by atoms with Gasteiger partial charge >= 0.3 is 0 Å². The monoisotopic (exact) mass is 324 g/mol. The van der Waals surface area contributed by atoms with Gasteiger partial charge in [-0.15, -0.1) is 0 Å². The minimum absolute atomic E-state index is 0.0722. The molecule has 1 aromatic carbocycles. The molecule has 4 nitrogen and oxygen atoms in total. The highest BCUT2D eigenvalue weighted by atomic mass is 79.9. The zero-order valence-electron chi connectivity index (χ0n) is 11.5. The molecule has 1 aliphatic heterocycles. The van der Waals surface area contributed by atoms with Gasteiger partial charge in [-0.1, -0.05) is 15.9 Å². The molecule has 0 atom stereocenters. The Hall–Kier alpha value is -1.36. The van der Waals surface area contributed by atoms with Gasteiger partial charge in [0.15, 0.2) is 0 Å². The Morgan fingerprint density at radius 2 is 1.74 bits per heavy atom. The molecule has 102 valence electrons. The third-order valence-corrected chi connectivity index (χ3v) is 4.52. The third kappa shape index (κ3) is 2.52. The molecular weight excluding hydrogens is 308 g/mol. The van der Waals surface area contributed by atoms with Gasteiger partial charge in [0.25, 0.3) is 5.91 Å². The van der Waals surface area contributed by atoms with Crippen molar-refractivity contribution in [3.05, 3.63) is 27.7 Å². The van der Waals surface area contributed by atoms with Crippen molar-refractivity contribution in [3.8, 4) is 0 Å². The van der Waals surface area contributed by atoms with Gasteiger partial charge < -0.3 is 10.2 Å². The average Bonchev–Trinajstić information content (AvgIpc) is 2.29. The fourth-order valence-electron chi connectivity index (χ4n) is 2.28. The van der Waals surface area contributed by atoms with Gasteiger partial charge in [-0.05, 0) is 51.0 Å². The molecule has 0 spiro atoms. The van der Waals surface area contributed by atoms with Gasteiger partial charge in [-0.2, -0.15) is 0 Å². The largest absolute Gasteiger partial charge is 0.341 e. The molecule has 2 amide bonds. The number of aryl methyl sites for hydroxylation is 2. The molecule has 1 fully saturated rings. The molecule has 1 heterocycles. The van der Waals surface area contributed by atoms with E-state index in [1.807, 2.05) is 26.0 Å². The number of benzene rings is 1. The van der Waals surface area contributed by atoms with E-state index in [-0.39, 0.29) is 18.4 Å². The molecule has 1 aliphatic rings. The molecule has 0 saturated carbocycles. The van der Waals surface area contributed by atoms with Gasteiger partial charge in [0.2, 0.25) is 5.91 Å². The van der Waals surface area contributed by atoms with Crippen molar-refractivity contribution < 1.29 is 9.59 Å². The van der Waals surface area contributed by atoms with E-state index in [1.54, 1.807) is 18.7 Å². The Labute approximate surface area is 121 Å². The van der Waals surface area contributed by atoms with Crippen molar-refractivity contribution in [2.75, 3.05) is 11.4 Å². The average molecular weight is 325 g/mol. The summed E-state index contributed by atoms with van der Waals surface area (Å²) in [6, 6.07) is 3.84. The number of carbonyl (C=O) groups is 2. The number of hydrogen-bond donors (Lipinski definition) is 1. The second kappa shape index (κ2) is 4.63. The number of hydrogen-bond acceptors (Lipinski definition) is 2. The van der Waals surface area contributed by atoms with Crippen LogP contribution in [0.2, 0.25) is 0 Å². The predicted octanol–water partition coefficient (Wildman–Crippen LogP) is 2.31. The Balaban J connectivity index is 2.46. The lowest BCUT2D eigenvalue weighted by Gasteiger charge is -2.37. The first-order valence-electron chi connectivity index (χ1n) is 6.12. The van der Waals surface area contributed by atoms with Crippen LogP contribution in [-0.4, -0.2) is 23.9 Å². The van der Waals surface area contributed by atoms with E-state index in [2.05, 4.69) is 21.2 Å². The van der Waals surface area contributed by atoms with Gasteiger partial charge in [-0.3, -0.25) is 9.59 Å². The second-order valence-electron chi connectivity index (χ2n) is 5.46. The lowest BCUT2D eigenvalue weighted by atomic mass is 9.99. The Kier molecular flexibility index (Phi) is 3.43. The van der Waals surface area contributed by atoms with Crippen LogP contribution in [0.5, 0.6) is 0 Å². The third-order valence-electron chi connectivity index (χ3n) is 3.27. The summed E-state index contributed by atoms with van der Waals surface area (Å²) < 4.78 is 1.03. The number of amides is 2. The lowest BCUT2D eigenvalue weighted by molar-refractivity contribution is -0.134. The van der Waals surface area contributed by atoms with E-state index in [4.69, 9.17) is 0 Å². The highest BCUT2D eigenvalue weighted by molar-refractivity contribution is 9.10. The van der Waals surface area contributed by atoms with Crippen LogP contribution in [0.15, 0.2) is 16.6 Å². The summed E-state index contributed by atoms with van der Waals surface area (Å²) in [4.78, 5) is 25.7. The number of piperazine rings is 1. The van der Waals surface area contributed by atoms with E-state index in [1.165, 1.54) is 0 Å². The minimum atomic E-state index is -0.857. The summed E-state index contributed by atoms with van der Waals surface area (Å²) >= 11 is 3.50. The van der Waals surface area contributed by atoms with Crippen molar-refractivity contribution in [2.24, 2.45) is 0 Å². The van der Waals surface area contributed by atoms with Gasteiger partial charge in [0.05, 0.1) is 0 Å². The molecule has 5 heteroatoms. The topological polar surface area (TPSA) is 49.4 Å². The number of rotatable bonds is 1. The zero-order chi connectivity index (χ0) is 14.4. The summed E-state index contributed by atoms with van der Waals surface area (Å²) in [5, 5.41) is 2.71. The number of nitrogens with one attached hydrogen (secondary N) is 1. The van der Waals surface area contributed by atoms with E-state index in [9.17, 15) is 9.59 Å². The van der Waals surface area contributed by atoms with Crippen molar-refractivity contribution >= 4 is 33.4 Å². The number of halogens is 1. The molecule has 0 aromatic heterocycles. The van der Waals surface area contributed by atoms with Crippen LogP contribution in [0, 0.1) is 13.8 Å². The van der Waals surface area contributed by atoms with E-state index in [0.717, 1.165) is 21.3 Å². The summed E-state index contributed by atoms with van der Waals surface area (Å²) in [6.45, 7) is 7.46. The normalized spacial score (nSPS) is 18.5. The summed E-state index contributed by atoms with van der Waals surface area (Å²) in [5.74, 6) is -0.226. The second-order valence-corrected chi connectivity index (χ2v) is 6.25. The number of nitrogens with zero attached hydrogens (tertiary/aromatic N) is 1. The smallest absolute Gasteiger partial charge is 0.252 e. The molecule has 19 heavy (non-hydrogen) atoms. The first-order valence-corrected chi connectivity index (χ1v) is 6.91. The molecule has 0 unspecified atom stereocenters. The molecular formula is C14H17BrN2O2. The van der Waals surface area contributed by atoms with Crippen LogP contribution in [0.1, 0.15) is 25.0 Å². The Bertz CT molecular complexity index is 544. The molecule has 1 saturated heterocycles. The van der Waals surface area contributed by atoms with Crippen LogP contribution in [0.3, 0.4) is 0 Å². The standard InChI is InChI=1S/C14H17BrN2O2/c1-8-5-10(6-9(2)12(8)15)17-7-11(18)16-14(3,4)13(17)19/h5-6H,7H2,1-4H3,(H,16,18). The fraction of sp³-hybridized carbons (Fsp3) is 0.429. The predicted molar refractivity (Wildman–Crippen MR) is 78.2 cm³/mol. The maximum absolute atomic E-state index is 12.4. The van der Waals surface area contributed by atoms with Crippen molar-refractivity contribution in [1.82, 2.24) is 5.32 Å². The maximum atomic E-state index is 12.4. The minimum Gasteiger partial charge on any atom is -0.341 e. The first kappa shape index (κ1) is 14.1. The van der Waals surface area contributed by atoms with Crippen LogP contribution in [-0.2, 0) is 9.59 Å². The lowest BCUT2D eigenvalue weighted by Crippen LogP contribution is -2.64. The van der Waals surface area contributed by atoms with Crippen molar-refractivity contribution in [3.63, 3.8) is 0 Å². The van der Waals surface area contributed by atoms with E-state index < -0.39 is 5.54 Å². The molecule has 1 aromatic rings. The van der Waals surface area contributed by atoms with Crippen molar-refractivity contribution in [2.45, 2.75) is 33.2 Å². The Morgan fingerprint density at radius 3 is 2.26 bits per heavy atom. The molecule has 1 N–H and O–H groups in total. The van der Waals surface area contributed by atoms with Crippen molar-refractivity contribution in [1.29, 1.82) is 0 Å². The highest BCUT2D eigenvalue weighted by Crippen LogP contribution is 2.29. The number of carbonyl (C=O) groups excluding carboxylic acids is 2. The molecule has 2 rings (SSSR count). The van der Waals surface area contributed by atoms with E-state index in [0.29, 0.717) is 0 Å². The summed E-state index contributed by atoms with van der Waals surface area (Å²) in [7, 11) is 0. The summed E-state index contributed by atoms with van der Waals surface area (Å²) in [5.41, 5.74) is 2.01.